The molecule has 1 unspecified atom stereocenters. The van der Waals surface area contributed by atoms with E-state index in [2.05, 4.69) is 52.9 Å². The van der Waals surface area contributed by atoms with E-state index in [9.17, 15) is 0 Å². The van der Waals surface area contributed by atoms with Crippen LogP contribution in [0.3, 0.4) is 0 Å². The lowest BCUT2D eigenvalue weighted by molar-refractivity contribution is 0.0676. The fourth-order valence-corrected chi connectivity index (χ4v) is 2.95. The van der Waals surface area contributed by atoms with E-state index in [0.717, 1.165) is 49.0 Å². The average molecular weight is 371 g/mol. The molecule has 0 radical (unpaired) electrons. The highest BCUT2D eigenvalue weighted by molar-refractivity contribution is 5.79. The molecule has 0 aliphatic carbocycles. The Bertz CT molecular complexity index is 724. The number of guanidine groups is 1. The molecule has 7 nitrogen and oxygen atoms in total. The third kappa shape index (κ3) is 5.99. The predicted molar refractivity (Wildman–Crippen MR) is 106 cm³/mol. The molecule has 27 heavy (non-hydrogen) atoms. The van der Waals surface area contributed by atoms with Crippen molar-refractivity contribution in [1.82, 2.24) is 20.8 Å². The van der Waals surface area contributed by atoms with Gasteiger partial charge in [0, 0.05) is 24.9 Å². The van der Waals surface area contributed by atoms with Crippen LogP contribution in [0, 0.1) is 6.92 Å². The van der Waals surface area contributed by atoms with Crippen LogP contribution in [-0.4, -0.2) is 42.0 Å². The summed E-state index contributed by atoms with van der Waals surface area (Å²) in [4.78, 5) is 4.70. The van der Waals surface area contributed by atoms with Crippen molar-refractivity contribution in [3.05, 3.63) is 47.3 Å². The highest BCUT2D eigenvalue weighted by atomic mass is 16.5. The molecule has 2 aromatic rings. The minimum absolute atomic E-state index is 0.204. The summed E-state index contributed by atoms with van der Waals surface area (Å²) in [5.74, 6) is 1.65. The lowest BCUT2D eigenvalue weighted by Crippen LogP contribution is -2.36. The highest BCUT2D eigenvalue weighted by Gasteiger charge is 2.17. The topological polar surface area (TPSA) is 83.6 Å². The molecule has 1 aromatic heterocycles. The second-order valence-corrected chi connectivity index (χ2v) is 6.69. The molecule has 146 valence electrons. The normalized spacial score (nSPS) is 17.1. The molecule has 3 rings (SSSR count). The van der Waals surface area contributed by atoms with Gasteiger partial charge >= 0.3 is 0 Å². The number of ether oxygens (including phenoxy) is 2. The summed E-state index contributed by atoms with van der Waals surface area (Å²) in [5, 5.41) is 13.5. The molecule has 1 fully saturated rings. The Kier molecular flexibility index (Phi) is 7.10. The molecule has 1 saturated heterocycles. The molecule has 1 aliphatic heterocycles. The molecular formula is C20H29N5O2. The number of aryl methyl sites for hydroxylation is 1. The third-order valence-corrected chi connectivity index (χ3v) is 4.43. The number of hydrogen-bond donors (Lipinski definition) is 3. The van der Waals surface area contributed by atoms with Crippen LogP contribution in [0.4, 0.5) is 0 Å². The maximum atomic E-state index is 6.06. The fourth-order valence-electron chi connectivity index (χ4n) is 2.95. The van der Waals surface area contributed by atoms with E-state index in [1.165, 1.54) is 5.56 Å². The maximum absolute atomic E-state index is 6.06. The summed E-state index contributed by atoms with van der Waals surface area (Å²) in [7, 11) is 0. The van der Waals surface area contributed by atoms with E-state index in [-0.39, 0.29) is 6.10 Å². The third-order valence-electron chi connectivity index (χ3n) is 4.43. The Morgan fingerprint density at radius 1 is 1.37 bits per heavy atom. The molecule has 0 bridgehead atoms. The van der Waals surface area contributed by atoms with Crippen LogP contribution in [0.15, 0.2) is 35.5 Å². The number of aromatic nitrogens is 2. The van der Waals surface area contributed by atoms with Crippen LogP contribution in [0.1, 0.15) is 36.6 Å². The number of nitrogens with zero attached hydrogens (tertiary/aromatic N) is 2. The molecule has 1 atom stereocenters. The number of rotatable bonds is 8. The first kappa shape index (κ1) is 19.2. The number of nitrogens with one attached hydrogen (secondary N) is 3. The van der Waals surface area contributed by atoms with Crippen molar-refractivity contribution in [3.63, 3.8) is 0 Å². The van der Waals surface area contributed by atoms with Gasteiger partial charge in [-0.2, -0.15) is 5.10 Å². The van der Waals surface area contributed by atoms with Gasteiger partial charge in [-0.1, -0.05) is 12.1 Å². The number of H-pyrrole nitrogens is 1. The second kappa shape index (κ2) is 9.97. The van der Waals surface area contributed by atoms with Crippen LogP contribution >= 0.6 is 0 Å². The van der Waals surface area contributed by atoms with Crippen LogP contribution < -0.4 is 15.4 Å². The summed E-state index contributed by atoms with van der Waals surface area (Å²) in [6, 6.07) is 8.19. The zero-order valence-corrected chi connectivity index (χ0v) is 16.1. The van der Waals surface area contributed by atoms with Crippen LogP contribution in [0.2, 0.25) is 0 Å². The highest BCUT2D eigenvalue weighted by Crippen LogP contribution is 2.23. The monoisotopic (exact) mass is 371 g/mol. The largest absolute Gasteiger partial charge is 0.491 e. The molecule has 1 aromatic carbocycles. The van der Waals surface area contributed by atoms with Gasteiger partial charge in [0.15, 0.2) is 5.96 Å². The van der Waals surface area contributed by atoms with Gasteiger partial charge in [0.05, 0.1) is 24.9 Å². The van der Waals surface area contributed by atoms with E-state index in [0.29, 0.717) is 19.7 Å². The summed E-state index contributed by atoms with van der Waals surface area (Å²) in [5.41, 5.74) is 3.25. The van der Waals surface area contributed by atoms with Crippen LogP contribution in [-0.2, 0) is 17.8 Å². The van der Waals surface area contributed by atoms with Crippen molar-refractivity contribution >= 4 is 5.96 Å². The minimum Gasteiger partial charge on any atom is -0.491 e. The smallest absolute Gasteiger partial charge is 0.191 e. The molecule has 0 amide bonds. The number of benzene rings is 1. The lowest BCUT2D eigenvalue weighted by Gasteiger charge is -2.15. The van der Waals surface area contributed by atoms with E-state index in [1.54, 1.807) is 6.20 Å². The van der Waals surface area contributed by atoms with Crippen molar-refractivity contribution in [3.8, 4) is 5.75 Å². The van der Waals surface area contributed by atoms with E-state index < -0.39 is 0 Å². The lowest BCUT2D eigenvalue weighted by atomic mass is 10.1. The van der Waals surface area contributed by atoms with Gasteiger partial charge in [-0.25, -0.2) is 4.99 Å². The first-order valence-corrected chi connectivity index (χ1v) is 9.59. The molecule has 7 heteroatoms. The maximum Gasteiger partial charge on any atom is 0.191 e. The summed E-state index contributed by atoms with van der Waals surface area (Å²) in [6.07, 6.45) is 4.13. The number of hydrogen-bond acceptors (Lipinski definition) is 4. The van der Waals surface area contributed by atoms with Crippen LogP contribution in [0.25, 0.3) is 0 Å². The molecule has 0 saturated carbocycles. The van der Waals surface area contributed by atoms with Gasteiger partial charge in [0.2, 0.25) is 0 Å². The van der Waals surface area contributed by atoms with Gasteiger partial charge in [0.1, 0.15) is 12.4 Å². The van der Waals surface area contributed by atoms with E-state index >= 15 is 0 Å². The van der Waals surface area contributed by atoms with Gasteiger partial charge < -0.3 is 20.1 Å². The molecule has 2 heterocycles. The predicted octanol–water partition coefficient (Wildman–Crippen LogP) is 2.53. The molecule has 3 N–H and O–H groups in total. The Morgan fingerprint density at radius 3 is 3.04 bits per heavy atom. The Labute approximate surface area is 160 Å². The summed E-state index contributed by atoms with van der Waals surface area (Å²) >= 11 is 0. The van der Waals surface area contributed by atoms with Crippen molar-refractivity contribution < 1.29 is 9.47 Å². The van der Waals surface area contributed by atoms with Crippen LogP contribution in [0.5, 0.6) is 5.75 Å². The second-order valence-electron chi connectivity index (χ2n) is 6.69. The zero-order chi connectivity index (χ0) is 18.9. The average Bonchev–Trinajstić information content (AvgIpc) is 3.37. The van der Waals surface area contributed by atoms with Gasteiger partial charge in [-0.05, 0) is 44.4 Å². The van der Waals surface area contributed by atoms with Crippen molar-refractivity contribution in [1.29, 1.82) is 0 Å². The Morgan fingerprint density at radius 2 is 2.30 bits per heavy atom. The Hall–Kier alpha value is -2.54. The zero-order valence-electron chi connectivity index (χ0n) is 16.1. The molecular weight excluding hydrogens is 342 g/mol. The van der Waals surface area contributed by atoms with Gasteiger partial charge in [0.25, 0.3) is 0 Å². The standard InChI is InChI=1S/C20H29N5O2/c1-3-21-20(23-13-17-8-9-24-25-17)22-12-16-7-6-15(2)11-19(16)27-14-18-5-4-10-26-18/h6-9,11,18H,3-5,10,12-14H2,1-2H3,(H,24,25)(H2,21,22,23). The van der Waals surface area contributed by atoms with E-state index in [1.807, 2.05) is 6.07 Å². The molecule has 0 spiro atoms. The number of aromatic amines is 1. The minimum atomic E-state index is 0.204. The SMILES string of the molecule is CCNC(=NCc1ccc(C)cc1OCC1CCCO1)NCc1ccn[nH]1. The first-order chi connectivity index (χ1) is 13.2. The van der Waals surface area contributed by atoms with Gasteiger partial charge in [-0.3, -0.25) is 5.10 Å². The van der Waals surface area contributed by atoms with E-state index in [4.69, 9.17) is 14.5 Å². The van der Waals surface area contributed by atoms with Crippen molar-refractivity contribution in [2.45, 2.75) is 45.9 Å². The number of aliphatic imine (C=N–C) groups is 1. The van der Waals surface area contributed by atoms with Crippen molar-refractivity contribution in [2.75, 3.05) is 19.8 Å². The van der Waals surface area contributed by atoms with Crippen molar-refractivity contribution in [2.24, 2.45) is 4.99 Å². The summed E-state index contributed by atoms with van der Waals surface area (Å²) < 4.78 is 11.7. The van der Waals surface area contributed by atoms with Gasteiger partial charge in [-0.15, -0.1) is 0 Å². The first-order valence-electron chi connectivity index (χ1n) is 9.59. The Balaban J connectivity index is 1.63. The molecule has 1 aliphatic rings. The fraction of sp³-hybridized carbons (Fsp3) is 0.500. The summed E-state index contributed by atoms with van der Waals surface area (Å²) in [6.45, 7) is 7.54. The quantitative estimate of drug-likeness (QED) is 0.491.